The van der Waals surface area contributed by atoms with Crippen molar-refractivity contribution in [2.75, 3.05) is 35.6 Å². The van der Waals surface area contributed by atoms with Gasteiger partial charge in [-0.1, -0.05) is 11.6 Å². The second-order valence-electron chi connectivity index (χ2n) is 6.36. The monoisotopic (exact) mass is 424 g/mol. The summed E-state index contributed by atoms with van der Waals surface area (Å²) in [7, 11) is -3.63. The Kier molecular flexibility index (Phi) is 4.72. The van der Waals surface area contributed by atoms with Crippen molar-refractivity contribution in [2.45, 2.75) is 6.10 Å². The summed E-state index contributed by atoms with van der Waals surface area (Å²) < 4.78 is 42.2. The molecule has 2 aromatic rings. The molecule has 2 aromatic carbocycles. The van der Waals surface area contributed by atoms with Crippen molar-refractivity contribution in [3.8, 4) is 17.2 Å². The van der Waals surface area contributed by atoms with Gasteiger partial charge in [-0.25, -0.2) is 8.42 Å². The highest BCUT2D eigenvalue weighted by atomic mass is 35.5. The number of nitrogens with zero attached hydrogens (tertiary/aromatic N) is 1. The summed E-state index contributed by atoms with van der Waals surface area (Å²) in [5.74, 6) is 0.924. The molecule has 2 heterocycles. The van der Waals surface area contributed by atoms with E-state index in [4.69, 9.17) is 25.8 Å². The predicted molar refractivity (Wildman–Crippen MR) is 104 cm³/mol. The summed E-state index contributed by atoms with van der Waals surface area (Å²) in [6.07, 6.45) is 0.0373. The van der Waals surface area contributed by atoms with Crippen LogP contribution in [0.5, 0.6) is 17.2 Å². The van der Waals surface area contributed by atoms with Crippen molar-refractivity contribution in [2.24, 2.45) is 0 Å². The molecule has 0 saturated carbocycles. The van der Waals surface area contributed by atoms with Gasteiger partial charge in [-0.05, 0) is 30.3 Å². The maximum absolute atomic E-state index is 12.7. The lowest BCUT2D eigenvalue weighted by atomic mass is 10.2. The van der Waals surface area contributed by atoms with Crippen LogP contribution in [0.3, 0.4) is 0 Å². The molecule has 8 nitrogen and oxygen atoms in total. The molecule has 1 N–H and O–H groups in total. The molecule has 148 valence electrons. The van der Waals surface area contributed by atoms with Gasteiger partial charge in [-0.2, -0.15) is 0 Å². The van der Waals surface area contributed by atoms with E-state index in [1.165, 1.54) is 6.07 Å². The normalized spacial score (nSPS) is 18.1. The number of rotatable bonds is 3. The molecule has 1 atom stereocenters. The zero-order chi connectivity index (χ0) is 19.9. The molecule has 0 bridgehead atoms. The summed E-state index contributed by atoms with van der Waals surface area (Å²) in [5.41, 5.74) is 0.795. The van der Waals surface area contributed by atoms with Gasteiger partial charge in [0, 0.05) is 16.8 Å². The fourth-order valence-electron chi connectivity index (χ4n) is 3.02. The molecule has 0 saturated heterocycles. The van der Waals surface area contributed by atoms with Gasteiger partial charge < -0.3 is 19.5 Å². The first kappa shape index (κ1) is 18.7. The van der Waals surface area contributed by atoms with Gasteiger partial charge in [0.1, 0.15) is 19.0 Å². The van der Waals surface area contributed by atoms with E-state index in [0.29, 0.717) is 41.1 Å². The number of hydrogen-bond donors (Lipinski definition) is 1. The second kappa shape index (κ2) is 7.06. The maximum Gasteiger partial charge on any atom is 0.267 e. The average Bonchev–Trinajstić information content (AvgIpc) is 2.66. The van der Waals surface area contributed by atoms with Crippen LogP contribution in [0.2, 0.25) is 5.02 Å². The maximum atomic E-state index is 12.7. The lowest BCUT2D eigenvalue weighted by Gasteiger charge is -2.34. The number of fused-ring (bicyclic) bond motifs is 2. The van der Waals surface area contributed by atoms with Crippen LogP contribution in [-0.4, -0.2) is 46.4 Å². The Morgan fingerprint density at radius 3 is 2.57 bits per heavy atom. The number of carbonyl (C=O) groups is 1. The van der Waals surface area contributed by atoms with Gasteiger partial charge in [-0.15, -0.1) is 0 Å². The quantitative estimate of drug-likeness (QED) is 0.812. The molecular formula is C18H17ClN2O6S. The number of nitrogens with one attached hydrogen (secondary N) is 1. The van der Waals surface area contributed by atoms with E-state index in [1.54, 1.807) is 30.3 Å². The Labute approximate surface area is 167 Å². The number of hydrogen-bond acceptors (Lipinski definition) is 6. The molecule has 2 aliphatic heterocycles. The van der Waals surface area contributed by atoms with E-state index in [2.05, 4.69) is 5.32 Å². The standard InChI is InChI=1S/C18H17ClN2O6S/c1-28(23,24)21-10-17(27-14-4-2-11(19)8-13(14)21)18(22)20-12-3-5-15-16(9-12)26-7-6-25-15/h2-5,8-9,17H,6-7,10H2,1H3,(H,20,22)/t17-/m1/s1. The SMILES string of the molecule is CS(=O)(=O)N1C[C@H](C(=O)Nc2ccc3c(c2)OCCO3)Oc2ccc(Cl)cc21. The Balaban J connectivity index is 1.57. The zero-order valence-electron chi connectivity index (χ0n) is 14.8. The molecule has 0 aliphatic carbocycles. The summed E-state index contributed by atoms with van der Waals surface area (Å²) in [6.45, 7) is 0.737. The zero-order valence-corrected chi connectivity index (χ0v) is 16.4. The lowest BCUT2D eigenvalue weighted by Crippen LogP contribution is -2.48. The Hall–Kier alpha value is -2.65. The van der Waals surface area contributed by atoms with Crippen molar-refractivity contribution in [1.29, 1.82) is 0 Å². The van der Waals surface area contributed by atoms with Gasteiger partial charge in [0.05, 0.1) is 18.5 Å². The smallest absolute Gasteiger partial charge is 0.267 e. The summed E-state index contributed by atoms with van der Waals surface area (Å²) in [4.78, 5) is 12.7. The van der Waals surface area contributed by atoms with Gasteiger partial charge in [0.15, 0.2) is 17.6 Å². The largest absolute Gasteiger partial charge is 0.486 e. The molecule has 4 rings (SSSR count). The lowest BCUT2D eigenvalue weighted by molar-refractivity contribution is -0.122. The van der Waals surface area contributed by atoms with Crippen LogP contribution < -0.4 is 23.8 Å². The Morgan fingerprint density at radius 1 is 1.11 bits per heavy atom. The minimum Gasteiger partial charge on any atom is -0.486 e. The van der Waals surface area contributed by atoms with Gasteiger partial charge in [0.25, 0.3) is 5.91 Å². The van der Waals surface area contributed by atoms with Gasteiger partial charge >= 0.3 is 0 Å². The number of sulfonamides is 1. The molecule has 28 heavy (non-hydrogen) atoms. The molecule has 0 unspecified atom stereocenters. The van der Waals surface area contributed by atoms with Gasteiger partial charge in [-0.3, -0.25) is 9.10 Å². The molecule has 10 heteroatoms. The minimum atomic E-state index is -3.63. The van der Waals surface area contributed by atoms with Crippen molar-refractivity contribution < 1.29 is 27.4 Å². The summed E-state index contributed by atoms with van der Waals surface area (Å²) in [5, 5.41) is 3.10. The molecule has 0 aromatic heterocycles. The third-order valence-electron chi connectivity index (χ3n) is 4.29. The highest BCUT2D eigenvalue weighted by Gasteiger charge is 2.35. The van der Waals surface area contributed by atoms with Crippen LogP contribution in [-0.2, 0) is 14.8 Å². The number of carbonyl (C=O) groups excluding carboxylic acids is 1. The topological polar surface area (TPSA) is 94.2 Å². The van der Waals surface area contributed by atoms with E-state index in [0.717, 1.165) is 10.6 Å². The number of amides is 1. The van der Waals surface area contributed by atoms with Crippen molar-refractivity contribution in [3.63, 3.8) is 0 Å². The third kappa shape index (κ3) is 3.67. The highest BCUT2D eigenvalue weighted by Crippen LogP contribution is 2.37. The van der Waals surface area contributed by atoms with E-state index in [-0.39, 0.29) is 12.3 Å². The summed E-state index contributed by atoms with van der Waals surface area (Å²) >= 11 is 5.98. The first-order valence-corrected chi connectivity index (χ1v) is 10.7. The van der Waals surface area contributed by atoms with Crippen molar-refractivity contribution in [3.05, 3.63) is 41.4 Å². The minimum absolute atomic E-state index is 0.164. The number of anilines is 2. The van der Waals surface area contributed by atoms with E-state index in [9.17, 15) is 13.2 Å². The molecule has 0 radical (unpaired) electrons. The summed E-state index contributed by atoms with van der Waals surface area (Å²) in [6, 6.07) is 9.63. The Bertz CT molecular complexity index is 1040. The van der Waals surface area contributed by atoms with Crippen molar-refractivity contribution in [1.82, 2.24) is 0 Å². The molecular weight excluding hydrogens is 408 g/mol. The van der Waals surface area contributed by atoms with Crippen LogP contribution in [0.25, 0.3) is 0 Å². The van der Waals surface area contributed by atoms with E-state index < -0.39 is 22.0 Å². The molecule has 1 amide bonds. The first-order valence-electron chi connectivity index (χ1n) is 8.46. The van der Waals surface area contributed by atoms with Crippen LogP contribution in [0.15, 0.2) is 36.4 Å². The first-order chi connectivity index (χ1) is 13.3. The number of ether oxygens (including phenoxy) is 3. The van der Waals surface area contributed by atoms with Crippen molar-refractivity contribution >= 4 is 38.9 Å². The van der Waals surface area contributed by atoms with Crippen LogP contribution in [0.4, 0.5) is 11.4 Å². The van der Waals surface area contributed by atoms with Gasteiger partial charge in [0.2, 0.25) is 10.0 Å². The highest BCUT2D eigenvalue weighted by molar-refractivity contribution is 7.92. The number of benzene rings is 2. The Morgan fingerprint density at radius 2 is 1.82 bits per heavy atom. The van der Waals surface area contributed by atoms with Crippen LogP contribution >= 0.6 is 11.6 Å². The third-order valence-corrected chi connectivity index (χ3v) is 5.67. The van der Waals surface area contributed by atoms with Crippen LogP contribution in [0.1, 0.15) is 0 Å². The van der Waals surface area contributed by atoms with Crippen LogP contribution in [0, 0.1) is 0 Å². The van der Waals surface area contributed by atoms with E-state index in [1.807, 2.05) is 0 Å². The fraction of sp³-hybridized carbons (Fsp3) is 0.278. The predicted octanol–water partition coefficient (Wildman–Crippen LogP) is 2.28. The molecule has 2 aliphatic rings. The average molecular weight is 425 g/mol. The second-order valence-corrected chi connectivity index (χ2v) is 8.70. The fourth-order valence-corrected chi connectivity index (χ4v) is 4.09. The molecule has 0 spiro atoms. The number of halogens is 1. The van der Waals surface area contributed by atoms with E-state index >= 15 is 0 Å². The molecule has 0 fully saturated rings.